The minimum Gasteiger partial charge on any atom is -0.481 e. The molecule has 0 amide bonds. The summed E-state index contributed by atoms with van der Waals surface area (Å²) < 4.78 is 1.74. The first-order chi connectivity index (χ1) is 9.66. The van der Waals surface area contributed by atoms with Crippen LogP contribution in [-0.4, -0.2) is 33.2 Å². The number of carbonyl (C=O) groups is 1. The van der Waals surface area contributed by atoms with E-state index in [0.717, 1.165) is 38.6 Å². The van der Waals surface area contributed by atoms with Crippen LogP contribution < -0.4 is 10.5 Å². The second-order valence-corrected chi connectivity index (χ2v) is 5.64. The van der Waals surface area contributed by atoms with Gasteiger partial charge in [0.05, 0.1) is 6.42 Å². The zero-order valence-corrected chi connectivity index (χ0v) is 11.4. The highest BCUT2D eigenvalue weighted by atomic mass is 16.4. The van der Waals surface area contributed by atoms with Gasteiger partial charge in [-0.15, -0.1) is 0 Å². The molecule has 1 aliphatic carbocycles. The third-order valence-corrected chi connectivity index (χ3v) is 4.10. The van der Waals surface area contributed by atoms with Crippen LogP contribution in [0, 0.1) is 0 Å². The summed E-state index contributed by atoms with van der Waals surface area (Å²) in [5.74, 6) is -0.398. The molecule has 0 aromatic carbocycles. The Bertz CT molecular complexity index is 565. The summed E-state index contributed by atoms with van der Waals surface area (Å²) in [5.41, 5.74) is -0.0766. The summed E-state index contributed by atoms with van der Waals surface area (Å²) in [4.78, 5) is 29.6. The normalized spacial score (nSPS) is 22.8. The second-order valence-electron chi connectivity index (χ2n) is 5.64. The van der Waals surface area contributed by atoms with Crippen LogP contribution in [0.3, 0.4) is 0 Å². The van der Waals surface area contributed by atoms with Crippen molar-refractivity contribution in [3.63, 3.8) is 0 Å². The average molecular weight is 277 g/mol. The molecule has 0 spiro atoms. The maximum atomic E-state index is 12.5. The highest BCUT2D eigenvalue weighted by Gasteiger charge is 2.30. The Kier molecular flexibility index (Phi) is 3.46. The Hall–Kier alpha value is -1.85. The Morgan fingerprint density at radius 1 is 1.35 bits per heavy atom. The highest BCUT2D eigenvalue weighted by Crippen LogP contribution is 2.33. The monoisotopic (exact) mass is 277 g/mol. The van der Waals surface area contributed by atoms with Gasteiger partial charge < -0.3 is 14.6 Å². The quantitative estimate of drug-likeness (QED) is 0.900. The predicted molar refractivity (Wildman–Crippen MR) is 74.0 cm³/mol. The van der Waals surface area contributed by atoms with Crippen LogP contribution in [0.25, 0.3) is 0 Å². The van der Waals surface area contributed by atoms with Gasteiger partial charge in [0.25, 0.3) is 5.56 Å². The third-order valence-electron chi connectivity index (χ3n) is 4.10. The van der Waals surface area contributed by atoms with Gasteiger partial charge in [-0.2, -0.15) is 0 Å². The van der Waals surface area contributed by atoms with Crippen molar-refractivity contribution in [1.82, 2.24) is 9.55 Å². The molecule has 1 N–H and O–H groups in total. The number of nitrogens with zero attached hydrogens (tertiary/aromatic N) is 3. The topological polar surface area (TPSA) is 75.4 Å². The lowest BCUT2D eigenvalue weighted by molar-refractivity contribution is -0.137. The van der Waals surface area contributed by atoms with Crippen LogP contribution in [0.15, 0.2) is 17.2 Å². The number of hydrogen-bond acceptors (Lipinski definition) is 4. The molecule has 6 heteroatoms. The van der Waals surface area contributed by atoms with Crippen molar-refractivity contribution in [2.75, 3.05) is 11.4 Å². The van der Waals surface area contributed by atoms with Gasteiger partial charge in [0.1, 0.15) is 0 Å². The van der Waals surface area contributed by atoms with E-state index in [2.05, 4.69) is 4.98 Å². The second kappa shape index (κ2) is 5.26. The van der Waals surface area contributed by atoms with Crippen LogP contribution in [-0.2, 0) is 4.79 Å². The van der Waals surface area contributed by atoms with Crippen molar-refractivity contribution in [1.29, 1.82) is 0 Å². The number of piperidine rings is 1. The summed E-state index contributed by atoms with van der Waals surface area (Å²) in [5, 5.41) is 9.02. The molecule has 3 rings (SSSR count). The van der Waals surface area contributed by atoms with Crippen molar-refractivity contribution in [2.45, 2.75) is 50.6 Å². The van der Waals surface area contributed by atoms with Crippen molar-refractivity contribution in [3.8, 4) is 0 Å². The Morgan fingerprint density at radius 3 is 2.85 bits per heavy atom. The zero-order chi connectivity index (χ0) is 14.1. The molecule has 0 radical (unpaired) electrons. The van der Waals surface area contributed by atoms with Gasteiger partial charge >= 0.3 is 5.97 Å². The van der Waals surface area contributed by atoms with Crippen LogP contribution in [0.1, 0.15) is 44.6 Å². The van der Waals surface area contributed by atoms with E-state index in [-0.39, 0.29) is 18.0 Å². The standard InChI is InChI=1S/C14H19N3O3/c18-12(19)9-11-3-1-2-7-16(11)13-14(20)17(8-6-15-13)10-4-5-10/h6,8,10-11H,1-5,7,9H2,(H,18,19). The molecule has 1 saturated heterocycles. The van der Waals surface area contributed by atoms with E-state index in [1.807, 2.05) is 4.90 Å². The fourth-order valence-electron chi connectivity index (χ4n) is 2.94. The highest BCUT2D eigenvalue weighted by molar-refractivity contribution is 5.68. The summed E-state index contributed by atoms with van der Waals surface area (Å²) >= 11 is 0. The summed E-state index contributed by atoms with van der Waals surface area (Å²) in [6.07, 6.45) is 8.35. The van der Waals surface area contributed by atoms with E-state index in [0.29, 0.717) is 11.9 Å². The summed E-state index contributed by atoms with van der Waals surface area (Å²) in [7, 11) is 0. The first kappa shape index (κ1) is 13.1. The van der Waals surface area contributed by atoms with Crippen LogP contribution in [0.4, 0.5) is 5.82 Å². The van der Waals surface area contributed by atoms with Crippen LogP contribution >= 0.6 is 0 Å². The van der Waals surface area contributed by atoms with Gasteiger partial charge in [-0.25, -0.2) is 4.98 Å². The Balaban J connectivity index is 1.91. The summed E-state index contributed by atoms with van der Waals surface area (Å²) in [6, 6.07) is 0.198. The molecule has 2 fully saturated rings. The van der Waals surface area contributed by atoms with Gasteiger partial charge in [-0.1, -0.05) is 0 Å². The lowest BCUT2D eigenvalue weighted by Gasteiger charge is -2.35. The third kappa shape index (κ3) is 2.55. The van der Waals surface area contributed by atoms with Crippen LogP contribution in [0.2, 0.25) is 0 Å². The predicted octanol–water partition coefficient (Wildman–Crippen LogP) is 1.41. The molecule has 1 saturated carbocycles. The van der Waals surface area contributed by atoms with Crippen molar-refractivity contribution >= 4 is 11.8 Å². The minimum atomic E-state index is -0.819. The van der Waals surface area contributed by atoms with E-state index in [1.165, 1.54) is 0 Å². The van der Waals surface area contributed by atoms with Gasteiger partial charge in [-0.05, 0) is 32.1 Å². The van der Waals surface area contributed by atoms with Crippen molar-refractivity contribution < 1.29 is 9.90 Å². The Labute approximate surface area is 117 Å². The number of carboxylic acid groups (broad SMARTS) is 1. The maximum Gasteiger partial charge on any atom is 0.305 e. The SMILES string of the molecule is O=C(O)CC1CCCCN1c1nccn(C2CC2)c1=O. The molecule has 1 atom stereocenters. The molecule has 0 bridgehead atoms. The number of anilines is 1. The number of aromatic nitrogens is 2. The molecule has 2 heterocycles. The minimum absolute atomic E-state index is 0.0689. The maximum absolute atomic E-state index is 12.5. The fourth-order valence-corrected chi connectivity index (χ4v) is 2.94. The molecule has 1 aliphatic heterocycles. The van der Waals surface area contributed by atoms with E-state index in [4.69, 9.17) is 5.11 Å². The molecule has 6 nitrogen and oxygen atoms in total. The van der Waals surface area contributed by atoms with Gasteiger partial charge in [-0.3, -0.25) is 9.59 Å². The smallest absolute Gasteiger partial charge is 0.305 e. The first-order valence-corrected chi connectivity index (χ1v) is 7.22. The zero-order valence-electron chi connectivity index (χ0n) is 11.4. The molecule has 2 aliphatic rings. The lowest BCUT2D eigenvalue weighted by atomic mass is 9.99. The summed E-state index contributed by atoms with van der Waals surface area (Å²) in [6.45, 7) is 0.717. The molecular formula is C14H19N3O3. The van der Waals surface area contributed by atoms with Crippen LogP contribution in [0.5, 0.6) is 0 Å². The van der Waals surface area contributed by atoms with Crippen molar-refractivity contribution in [2.24, 2.45) is 0 Å². The molecule has 1 unspecified atom stereocenters. The number of aliphatic carboxylic acids is 1. The molecule has 20 heavy (non-hydrogen) atoms. The number of carboxylic acids is 1. The van der Waals surface area contributed by atoms with E-state index in [1.54, 1.807) is 17.0 Å². The van der Waals surface area contributed by atoms with Gasteiger partial charge in [0.2, 0.25) is 0 Å². The van der Waals surface area contributed by atoms with E-state index >= 15 is 0 Å². The van der Waals surface area contributed by atoms with Gasteiger partial charge in [0.15, 0.2) is 5.82 Å². The number of rotatable bonds is 4. The largest absolute Gasteiger partial charge is 0.481 e. The average Bonchev–Trinajstić information content (AvgIpc) is 3.24. The first-order valence-electron chi connectivity index (χ1n) is 7.22. The molecule has 1 aromatic rings. The van der Waals surface area contributed by atoms with E-state index < -0.39 is 5.97 Å². The molecule has 108 valence electrons. The lowest BCUT2D eigenvalue weighted by Crippen LogP contribution is -2.44. The Morgan fingerprint density at radius 2 is 2.15 bits per heavy atom. The fraction of sp³-hybridized carbons (Fsp3) is 0.643. The van der Waals surface area contributed by atoms with Crippen molar-refractivity contribution in [3.05, 3.63) is 22.7 Å². The van der Waals surface area contributed by atoms with Gasteiger partial charge in [0, 0.05) is 31.0 Å². The number of hydrogen-bond donors (Lipinski definition) is 1. The molecular weight excluding hydrogens is 258 g/mol. The van der Waals surface area contributed by atoms with E-state index in [9.17, 15) is 9.59 Å². The molecule has 1 aromatic heterocycles.